The zero-order valence-electron chi connectivity index (χ0n) is 23.5. The van der Waals surface area contributed by atoms with Crippen molar-refractivity contribution in [2.45, 2.75) is 44.2 Å². The molecule has 6 N–H and O–H groups in total. The van der Waals surface area contributed by atoms with Gasteiger partial charge in [0.05, 0.1) is 5.56 Å². The smallest absolute Gasteiger partial charge is 0.255 e. The van der Waals surface area contributed by atoms with Gasteiger partial charge < -0.3 is 26.2 Å². The number of primary amides is 1. The number of aliphatic hydroxyl groups is 3. The Morgan fingerprint density at radius 1 is 0.930 bits per heavy atom. The number of phenols is 1. The molecular weight excluding hydrogens is 548 g/mol. The summed E-state index contributed by atoms with van der Waals surface area (Å²) in [5.41, 5.74) is 5.31. The van der Waals surface area contributed by atoms with E-state index in [0.29, 0.717) is 5.56 Å². The van der Waals surface area contributed by atoms with Crippen LogP contribution >= 0.6 is 0 Å². The molecule has 43 heavy (non-hydrogen) atoms. The van der Waals surface area contributed by atoms with Crippen LogP contribution in [0.2, 0.25) is 0 Å². The van der Waals surface area contributed by atoms with Gasteiger partial charge >= 0.3 is 0 Å². The number of phenolic OH excluding ortho intramolecular Hbond substituents is 1. The first-order valence-corrected chi connectivity index (χ1v) is 14.7. The van der Waals surface area contributed by atoms with Gasteiger partial charge in [0.1, 0.15) is 22.8 Å². The molecule has 0 bridgehead atoms. The lowest BCUT2D eigenvalue weighted by Crippen LogP contribution is -2.57. The van der Waals surface area contributed by atoms with E-state index in [4.69, 9.17) is 5.73 Å². The Hall–Kier alpha value is -4.47. The SMILES string of the molecule is NC(=O)C1=C(O)C[C@@H]2C[C@@H]3Cc4c(-c5ccc(CN6CCCC6)c6ccccc56)ccc(O)c4C(=O)C3=C(O)[C@]2(O)C1=O. The number of amides is 1. The van der Waals surface area contributed by atoms with Crippen LogP contribution in [-0.2, 0) is 22.6 Å². The molecule has 1 saturated heterocycles. The van der Waals surface area contributed by atoms with Crippen molar-refractivity contribution in [3.05, 3.63) is 87.9 Å². The second-order valence-corrected chi connectivity index (χ2v) is 12.2. The van der Waals surface area contributed by atoms with Crippen molar-refractivity contribution >= 4 is 28.2 Å². The third-order valence-electron chi connectivity index (χ3n) is 9.84. The Labute approximate surface area is 247 Å². The number of aromatic hydroxyl groups is 1. The van der Waals surface area contributed by atoms with Gasteiger partial charge in [-0.15, -0.1) is 0 Å². The number of aliphatic hydroxyl groups excluding tert-OH is 2. The maximum absolute atomic E-state index is 14.0. The standard InChI is InChI=1S/C34H32N2O7/c35-33(42)29-26(38)15-19-13-18-14-24-23(9-10-25(37)28(24)30(39)27(18)31(40)34(19,43)32(29)41)22-8-7-17(16-36-11-3-4-12-36)20-5-1-2-6-21(20)22/h1-2,5-10,18-19,37-38,40,43H,3-4,11-16H2,(H2,35,42)/t18-,19+,34+/m1/s1. The third kappa shape index (κ3) is 3.95. The van der Waals surface area contributed by atoms with Gasteiger partial charge in [0.25, 0.3) is 5.91 Å². The molecule has 1 aliphatic heterocycles. The molecule has 1 amide bonds. The zero-order valence-corrected chi connectivity index (χ0v) is 23.5. The largest absolute Gasteiger partial charge is 0.511 e. The molecule has 1 heterocycles. The summed E-state index contributed by atoms with van der Waals surface area (Å²) < 4.78 is 0. The Morgan fingerprint density at radius 2 is 1.63 bits per heavy atom. The predicted molar refractivity (Wildman–Crippen MR) is 158 cm³/mol. The fraction of sp³-hybridized carbons (Fsp3) is 0.324. The van der Waals surface area contributed by atoms with Crippen LogP contribution in [0.4, 0.5) is 0 Å². The first-order valence-electron chi connectivity index (χ1n) is 14.7. The van der Waals surface area contributed by atoms with E-state index in [2.05, 4.69) is 29.2 Å². The average Bonchev–Trinajstić information content (AvgIpc) is 3.49. The molecule has 0 unspecified atom stereocenters. The highest BCUT2D eigenvalue weighted by atomic mass is 16.3. The molecule has 3 aliphatic carbocycles. The number of hydrogen-bond acceptors (Lipinski definition) is 8. The summed E-state index contributed by atoms with van der Waals surface area (Å²) in [6.45, 7) is 3.00. The number of fused-ring (bicyclic) bond motifs is 4. The molecule has 3 atom stereocenters. The van der Waals surface area contributed by atoms with Crippen LogP contribution in [-0.4, -0.2) is 61.5 Å². The van der Waals surface area contributed by atoms with Crippen molar-refractivity contribution in [2.24, 2.45) is 17.6 Å². The maximum Gasteiger partial charge on any atom is 0.255 e. The quantitative estimate of drug-likeness (QED) is 0.290. The van der Waals surface area contributed by atoms with Crippen LogP contribution < -0.4 is 5.73 Å². The van der Waals surface area contributed by atoms with Crippen molar-refractivity contribution in [1.29, 1.82) is 0 Å². The number of Topliss-reactive ketones (excluding diaryl/α,β-unsaturated/α-hetero) is 2. The van der Waals surface area contributed by atoms with Crippen LogP contribution in [0, 0.1) is 11.8 Å². The van der Waals surface area contributed by atoms with Gasteiger partial charge in [0.2, 0.25) is 5.78 Å². The number of nitrogens with zero attached hydrogens (tertiary/aromatic N) is 1. The Balaban J connectivity index is 1.36. The molecule has 7 rings (SSSR count). The molecule has 3 aromatic carbocycles. The first kappa shape index (κ1) is 27.4. The molecule has 3 aromatic rings. The van der Waals surface area contributed by atoms with E-state index in [-0.39, 0.29) is 36.1 Å². The van der Waals surface area contributed by atoms with E-state index < -0.39 is 52.0 Å². The fourth-order valence-corrected chi connectivity index (χ4v) is 7.79. The van der Waals surface area contributed by atoms with Crippen molar-refractivity contribution in [1.82, 2.24) is 4.90 Å². The summed E-state index contributed by atoms with van der Waals surface area (Å²) in [5.74, 6) is -6.36. The summed E-state index contributed by atoms with van der Waals surface area (Å²) in [4.78, 5) is 41.6. The highest BCUT2D eigenvalue weighted by Crippen LogP contribution is 2.52. The number of rotatable bonds is 4. The summed E-state index contributed by atoms with van der Waals surface area (Å²) >= 11 is 0. The Kier molecular flexibility index (Phi) is 6.23. The number of likely N-dealkylation sites (tertiary alicyclic amines) is 1. The Morgan fingerprint density at radius 3 is 2.35 bits per heavy atom. The van der Waals surface area contributed by atoms with Gasteiger partial charge in [-0.3, -0.25) is 19.3 Å². The lowest BCUT2D eigenvalue weighted by molar-refractivity contribution is -0.144. The second-order valence-electron chi connectivity index (χ2n) is 12.2. The van der Waals surface area contributed by atoms with Gasteiger partial charge in [-0.05, 0) is 83.8 Å². The van der Waals surface area contributed by atoms with E-state index in [9.17, 15) is 34.8 Å². The van der Waals surface area contributed by atoms with Crippen molar-refractivity contribution in [3.63, 3.8) is 0 Å². The van der Waals surface area contributed by atoms with Crippen LogP contribution in [0.1, 0.15) is 47.2 Å². The lowest BCUT2D eigenvalue weighted by Gasteiger charge is -2.45. The number of carbonyl (C=O) groups is 3. The Bertz CT molecular complexity index is 1820. The van der Waals surface area contributed by atoms with E-state index >= 15 is 0 Å². The third-order valence-corrected chi connectivity index (χ3v) is 9.84. The number of ketones is 2. The van der Waals surface area contributed by atoms with Crippen LogP contribution in [0.5, 0.6) is 5.75 Å². The minimum absolute atomic E-state index is 0.0133. The molecule has 220 valence electrons. The van der Waals surface area contributed by atoms with Crippen LogP contribution in [0.15, 0.2) is 71.2 Å². The maximum atomic E-state index is 14.0. The summed E-state index contributed by atoms with van der Waals surface area (Å²) in [6, 6.07) is 15.6. The monoisotopic (exact) mass is 580 g/mol. The number of allylic oxidation sites excluding steroid dienone is 2. The minimum Gasteiger partial charge on any atom is -0.511 e. The highest BCUT2D eigenvalue weighted by molar-refractivity contribution is 6.24. The van der Waals surface area contributed by atoms with E-state index in [1.807, 2.05) is 12.1 Å². The zero-order chi connectivity index (χ0) is 30.2. The van der Waals surface area contributed by atoms with Crippen molar-refractivity contribution in [3.8, 4) is 16.9 Å². The van der Waals surface area contributed by atoms with Gasteiger partial charge in [0.15, 0.2) is 11.4 Å². The number of hydrogen-bond donors (Lipinski definition) is 5. The summed E-state index contributed by atoms with van der Waals surface area (Å²) in [5, 5.41) is 46.3. The summed E-state index contributed by atoms with van der Waals surface area (Å²) in [7, 11) is 0. The fourth-order valence-electron chi connectivity index (χ4n) is 7.79. The molecule has 0 aromatic heterocycles. The molecule has 0 saturated carbocycles. The van der Waals surface area contributed by atoms with E-state index in [1.54, 1.807) is 6.07 Å². The molecule has 4 aliphatic rings. The average molecular weight is 581 g/mol. The molecular formula is C34H32N2O7. The van der Waals surface area contributed by atoms with Gasteiger partial charge in [0, 0.05) is 24.5 Å². The number of benzene rings is 3. The topological polar surface area (TPSA) is 161 Å². The van der Waals surface area contributed by atoms with Crippen molar-refractivity contribution in [2.75, 3.05) is 13.1 Å². The van der Waals surface area contributed by atoms with Gasteiger partial charge in [-0.2, -0.15) is 0 Å². The predicted octanol–water partition coefficient (Wildman–Crippen LogP) is 4.00. The van der Waals surface area contributed by atoms with Crippen LogP contribution in [0.3, 0.4) is 0 Å². The molecule has 1 fully saturated rings. The number of carbonyl (C=O) groups excluding carboxylic acids is 3. The normalized spacial score (nSPS) is 25.6. The molecule has 0 spiro atoms. The van der Waals surface area contributed by atoms with E-state index in [0.717, 1.165) is 41.5 Å². The van der Waals surface area contributed by atoms with Gasteiger partial charge in [-0.25, -0.2) is 0 Å². The second kappa shape index (κ2) is 9.79. The summed E-state index contributed by atoms with van der Waals surface area (Å²) in [6.07, 6.45) is 2.48. The van der Waals surface area contributed by atoms with Crippen molar-refractivity contribution < 1.29 is 34.8 Å². The first-order chi connectivity index (χ1) is 20.6. The molecule has 0 radical (unpaired) electrons. The molecule has 9 nitrogen and oxygen atoms in total. The van der Waals surface area contributed by atoms with Gasteiger partial charge in [-0.1, -0.05) is 42.5 Å². The lowest BCUT2D eigenvalue weighted by atomic mass is 9.60. The number of nitrogens with two attached hydrogens (primary N) is 1. The highest BCUT2D eigenvalue weighted by Gasteiger charge is 2.59. The van der Waals surface area contributed by atoms with E-state index in [1.165, 1.54) is 24.5 Å². The molecule has 9 heteroatoms. The van der Waals surface area contributed by atoms with Crippen LogP contribution in [0.25, 0.3) is 21.9 Å². The minimum atomic E-state index is -2.58.